The number of anilines is 4. The summed E-state index contributed by atoms with van der Waals surface area (Å²) in [5.41, 5.74) is 4.54. The Morgan fingerprint density at radius 3 is 2.41 bits per heavy atom. The normalized spacial score (nSPS) is 13.3. The van der Waals surface area contributed by atoms with Crippen LogP contribution in [0.2, 0.25) is 0 Å². The van der Waals surface area contributed by atoms with E-state index in [4.69, 9.17) is 4.74 Å². The van der Waals surface area contributed by atoms with Gasteiger partial charge < -0.3 is 25.3 Å². The van der Waals surface area contributed by atoms with E-state index in [1.807, 2.05) is 48.5 Å². The number of ether oxygens (including phenoxy) is 1. The Labute approximate surface area is 224 Å². The third-order valence-corrected chi connectivity index (χ3v) is 6.64. The molecule has 1 fully saturated rings. The molecule has 3 aromatic carbocycles. The number of benzene rings is 3. The number of fused-ring (bicyclic) bond motifs is 1. The molecule has 3 N–H and O–H groups in total. The second kappa shape index (κ2) is 10.8. The first-order valence-corrected chi connectivity index (χ1v) is 12.7. The summed E-state index contributed by atoms with van der Waals surface area (Å²) < 4.78 is 5.42. The van der Waals surface area contributed by atoms with Crippen LogP contribution in [0.1, 0.15) is 26.3 Å². The number of hydrogen-bond acceptors (Lipinski definition) is 7. The molecular weight excluding hydrogens is 492 g/mol. The van der Waals surface area contributed by atoms with E-state index in [1.165, 1.54) is 6.33 Å². The van der Waals surface area contributed by atoms with E-state index in [-0.39, 0.29) is 11.7 Å². The molecular formula is C30H26N6O3. The topological polar surface area (TPSA) is 112 Å². The van der Waals surface area contributed by atoms with Crippen molar-refractivity contribution in [1.29, 1.82) is 0 Å². The first-order valence-electron chi connectivity index (χ1n) is 12.7. The number of amides is 1. The van der Waals surface area contributed by atoms with Gasteiger partial charge in [0.25, 0.3) is 5.91 Å². The van der Waals surface area contributed by atoms with Crippen LogP contribution in [0.5, 0.6) is 0 Å². The van der Waals surface area contributed by atoms with E-state index in [0.29, 0.717) is 44.9 Å². The second-order valence-electron chi connectivity index (χ2n) is 9.15. The number of hydrogen-bond donors (Lipinski definition) is 3. The van der Waals surface area contributed by atoms with Crippen molar-refractivity contribution in [2.75, 3.05) is 41.8 Å². The maximum atomic E-state index is 13.2. The summed E-state index contributed by atoms with van der Waals surface area (Å²) in [6, 6.07) is 24.0. The summed E-state index contributed by atoms with van der Waals surface area (Å²) in [5.74, 6) is 0.108. The van der Waals surface area contributed by atoms with Gasteiger partial charge in [0.15, 0.2) is 5.78 Å². The van der Waals surface area contributed by atoms with Crippen LogP contribution >= 0.6 is 0 Å². The standard InChI is InChI=1S/C30H26N6O3/c37-27(20-5-2-1-3-6-20)25-18-31-28-26(25)29(33-19-32-28)34-23-8-4-7-21(17-23)30(38)35-22-9-11-24(12-10-22)36-13-15-39-16-14-36/h1-12,17-19H,13-16H2,(H,35,38)(H2,31,32,33,34). The Kier molecular flexibility index (Phi) is 6.71. The minimum absolute atomic E-state index is 0.132. The number of carbonyl (C=O) groups is 2. The molecule has 0 aliphatic carbocycles. The molecule has 5 aromatic rings. The number of H-pyrrole nitrogens is 1. The highest BCUT2D eigenvalue weighted by Crippen LogP contribution is 2.28. The van der Waals surface area contributed by atoms with E-state index >= 15 is 0 Å². The maximum Gasteiger partial charge on any atom is 0.255 e. The molecule has 0 spiro atoms. The fourth-order valence-corrected chi connectivity index (χ4v) is 4.64. The zero-order valence-electron chi connectivity index (χ0n) is 21.1. The largest absolute Gasteiger partial charge is 0.378 e. The Hall–Kier alpha value is -5.02. The van der Waals surface area contributed by atoms with Crippen molar-refractivity contribution in [3.63, 3.8) is 0 Å². The molecule has 2 aromatic heterocycles. The van der Waals surface area contributed by atoms with Crippen molar-refractivity contribution in [3.05, 3.63) is 108 Å². The maximum absolute atomic E-state index is 13.2. The van der Waals surface area contributed by atoms with Gasteiger partial charge in [-0.2, -0.15) is 0 Å². The number of aromatic nitrogens is 3. The van der Waals surface area contributed by atoms with Crippen LogP contribution in [0.25, 0.3) is 11.0 Å². The molecule has 3 heterocycles. The predicted octanol–water partition coefficient (Wildman–Crippen LogP) is 5.02. The number of carbonyl (C=O) groups excluding carboxylic acids is 2. The van der Waals surface area contributed by atoms with E-state index in [0.717, 1.165) is 32.0 Å². The minimum atomic E-state index is -0.229. The smallest absolute Gasteiger partial charge is 0.255 e. The van der Waals surface area contributed by atoms with Crippen LogP contribution in [0.3, 0.4) is 0 Å². The molecule has 0 bridgehead atoms. The van der Waals surface area contributed by atoms with Gasteiger partial charge in [-0.3, -0.25) is 9.59 Å². The summed E-state index contributed by atoms with van der Waals surface area (Å²) in [6.45, 7) is 3.15. The molecule has 194 valence electrons. The lowest BCUT2D eigenvalue weighted by Crippen LogP contribution is -2.36. The molecule has 0 atom stereocenters. The Morgan fingerprint density at radius 1 is 0.846 bits per heavy atom. The first-order chi connectivity index (χ1) is 19.2. The predicted molar refractivity (Wildman–Crippen MR) is 151 cm³/mol. The van der Waals surface area contributed by atoms with Crippen molar-refractivity contribution >= 4 is 45.6 Å². The van der Waals surface area contributed by atoms with Gasteiger partial charge in [0.2, 0.25) is 0 Å². The van der Waals surface area contributed by atoms with Crippen molar-refractivity contribution < 1.29 is 14.3 Å². The van der Waals surface area contributed by atoms with E-state index < -0.39 is 0 Å². The highest BCUT2D eigenvalue weighted by atomic mass is 16.5. The van der Waals surface area contributed by atoms with Crippen LogP contribution in [-0.2, 0) is 4.74 Å². The summed E-state index contributed by atoms with van der Waals surface area (Å²) in [5, 5.41) is 6.81. The molecule has 0 unspecified atom stereocenters. The molecule has 1 amide bonds. The zero-order valence-corrected chi connectivity index (χ0v) is 21.1. The van der Waals surface area contributed by atoms with Gasteiger partial charge in [-0.05, 0) is 42.5 Å². The molecule has 9 nitrogen and oxygen atoms in total. The Balaban J connectivity index is 1.20. The van der Waals surface area contributed by atoms with Crippen LogP contribution in [0.4, 0.5) is 22.9 Å². The monoisotopic (exact) mass is 518 g/mol. The summed E-state index contributed by atoms with van der Waals surface area (Å²) in [6.07, 6.45) is 3.07. The van der Waals surface area contributed by atoms with Crippen LogP contribution in [-0.4, -0.2) is 52.9 Å². The third kappa shape index (κ3) is 5.21. The van der Waals surface area contributed by atoms with Gasteiger partial charge in [-0.25, -0.2) is 9.97 Å². The molecule has 1 aliphatic rings. The molecule has 0 saturated carbocycles. The SMILES string of the molecule is O=C(Nc1ccc(N2CCOCC2)cc1)c1cccc(Nc2ncnc3[nH]cc(C(=O)c4ccccc4)c23)c1. The summed E-state index contributed by atoms with van der Waals surface area (Å²) in [7, 11) is 0. The number of aromatic amines is 1. The van der Waals surface area contributed by atoms with Crippen molar-refractivity contribution in [2.24, 2.45) is 0 Å². The van der Waals surface area contributed by atoms with Crippen molar-refractivity contribution in [2.45, 2.75) is 0 Å². The van der Waals surface area contributed by atoms with Gasteiger partial charge in [0, 0.05) is 47.5 Å². The lowest BCUT2D eigenvalue weighted by Gasteiger charge is -2.28. The third-order valence-electron chi connectivity index (χ3n) is 6.64. The summed E-state index contributed by atoms with van der Waals surface area (Å²) in [4.78, 5) is 40.2. The van der Waals surface area contributed by atoms with Crippen molar-refractivity contribution in [1.82, 2.24) is 15.0 Å². The van der Waals surface area contributed by atoms with Gasteiger partial charge >= 0.3 is 0 Å². The summed E-state index contributed by atoms with van der Waals surface area (Å²) >= 11 is 0. The highest BCUT2D eigenvalue weighted by molar-refractivity contribution is 6.18. The fraction of sp³-hybridized carbons (Fsp3) is 0.133. The van der Waals surface area contributed by atoms with E-state index in [2.05, 4.69) is 30.5 Å². The van der Waals surface area contributed by atoms with E-state index in [1.54, 1.807) is 36.5 Å². The lowest BCUT2D eigenvalue weighted by molar-refractivity contribution is 0.102. The Bertz CT molecular complexity index is 1630. The van der Waals surface area contributed by atoms with E-state index in [9.17, 15) is 9.59 Å². The van der Waals surface area contributed by atoms with Gasteiger partial charge in [-0.15, -0.1) is 0 Å². The number of nitrogens with zero attached hydrogens (tertiary/aromatic N) is 3. The van der Waals surface area contributed by atoms with Crippen LogP contribution in [0.15, 0.2) is 91.4 Å². The van der Waals surface area contributed by atoms with Crippen LogP contribution < -0.4 is 15.5 Å². The average Bonchev–Trinajstić information content (AvgIpc) is 3.43. The van der Waals surface area contributed by atoms with Crippen LogP contribution in [0, 0.1) is 0 Å². The number of ketones is 1. The minimum Gasteiger partial charge on any atom is -0.378 e. The Morgan fingerprint density at radius 2 is 1.62 bits per heavy atom. The molecule has 1 saturated heterocycles. The van der Waals surface area contributed by atoms with Gasteiger partial charge in [-0.1, -0.05) is 36.4 Å². The first kappa shape index (κ1) is 24.3. The molecule has 0 radical (unpaired) electrons. The fourth-order valence-electron chi connectivity index (χ4n) is 4.64. The molecule has 9 heteroatoms. The number of nitrogens with one attached hydrogen (secondary N) is 3. The quantitative estimate of drug-likeness (QED) is 0.259. The molecule has 1 aliphatic heterocycles. The van der Waals surface area contributed by atoms with Gasteiger partial charge in [0.1, 0.15) is 17.8 Å². The number of rotatable bonds is 7. The van der Waals surface area contributed by atoms with Gasteiger partial charge in [0.05, 0.1) is 24.2 Å². The molecule has 6 rings (SSSR count). The zero-order chi connectivity index (χ0) is 26.6. The molecule has 39 heavy (non-hydrogen) atoms. The number of morpholine rings is 1. The highest BCUT2D eigenvalue weighted by Gasteiger charge is 2.19. The van der Waals surface area contributed by atoms with Crippen molar-refractivity contribution in [3.8, 4) is 0 Å². The second-order valence-corrected chi connectivity index (χ2v) is 9.15. The average molecular weight is 519 g/mol. The lowest BCUT2D eigenvalue weighted by atomic mass is 10.0.